The second kappa shape index (κ2) is 11.8. The highest BCUT2D eigenvalue weighted by Crippen LogP contribution is 2.25. The molecule has 0 bridgehead atoms. The maximum Gasteiger partial charge on any atom is 0.252 e. The summed E-state index contributed by atoms with van der Waals surface area (Å²) in [6, 6.07) is 9.64. The number of nitrogens with zero attached hydrogens (tertiary/aromatic N) is 5. The third kappa shape index (κ3) is 6.78. The van der Waals surface area contributed by atoms with Gasteiger partial charge in [0.15, 0.2) is 0 Å². The molecule has 1 N–H and O–H groups in total. The van der Waals surface area contributed by atoms with E-state index < -0.39 is 0 Å². The van der Waals surface area contributed by atoms with E-state index in [1.54, 1.807) is 6.20 Å². The number of pyridine rings is 2. The van der Waals surface area contributed by atoms with E-state index in [2.05, 4.69) is 59.4 Å². The zero-order chi connectivity index (χ0) is 23.8. The number of hydrogen-bond acceptors (Lipinski definition) is 5. The molecule has 0 radical (unpaired) electrons. The minimum atomic E-state index is -0.0763. The Morgan fingerprint density at radius 1 is 1.12 bits per heavy atom. The first-order valence-electron chi connectivity index (χ1n) is 12.0. The van der Waals surface area contributed by atoms with E-state index in [4.69, 9.17) is 4.98 Å². The second-order valence-corrected chi connectivity index (χ2v) is 9.18. The van der Waals surface area contributed by atoms with Crippen LogP contribution in [-0.2, 0) is 12.8 Å². The van der Waals surface area contributed by atoms with Gasteiger partial charge in [-0.2, -0.15) is 0 Å². The lowest BCUT2D eigenvalue weighted by molar-refractivity contribution is 0.0953. The van der Waals surface area contributed by atoms with Crippen molar-refractivity contribution in [1.29, 1.82) is 0 Å². The van der Waals surface area contributed by atoms with E-state index in [1.165, 1.54) is 0 Å². The Labute approximate surface area is 197 Å². The number of carbonyl (C=O) groups excluding carboxylic acids is 1. The smallest absolute Gasteiger partial charge is 0.252 e. The van der Waals surface area contributed by atoms with Crippen molar-refractivity contribution in [3.05, 3.63) is 59.7 Å². The van der Waals surface area contributed by atoms with E-state index >= 15 is 0 Å². The zero-order valence-electron chi connectivity index (χ0n) is 20.7. The fraction of sp³-hybridized carbons (Fsp3) is 0.500. The lowest BCUT2D eigenvalue weighted by Gasteiger charge is -2.27. The van der Waals surface area contributed by atoms with Crippen LogP contribution in [0.2, 0.25) is 0 Å². The average Bonchev–Trinajstić information content (AvgIpc) is 3.17. The Morgan fingerprint density at radius 2 is 1.94 bits per heavy atom. The zero-order valence-corrected chi connectivity index (χ0v) is 20.7. The fourth-order valence-electron chi connectivity index (χ4n) is 3.80. The summed E-state index contributed by atoms with van der Waals surface area (Å²) >= 11 is 0. The molecule has 0 saturated carbocycles. The minimum absolute atomic E-state index is 0.0763. The highest BCUT2D eigenvalue weighted by atomic mass is 16.1. The predicted octanol–water partition coefficient (Wildman–Crippen LogP) is 3.68. The summed E-state index contributed by atoms with van der Waals surface area (Å²) in [5.74, 6) is 1.65. The summed E-state index contributed by atoms with van der Waals surface area (Å²) in [5, 5.41) is 3.03. The van der Waals surface area contributed by atoms with Gasteiger partial charge >= 0.3 is 0 Å². The van der Waals surface area contributed by atoms with Gasteiger partial charge in [-0.15, -0.1) is 0 Å². The molecule has 3 heterocycles. The lowest BCUT2D eigenvalue weighted by atomic mass is 10.1. The van der Waals surface area contributed by atoms with Gasteiger partial charge in [0.25, 0.3) is 5.91 Å². The summed E-state index contributed by atoms with van der Waals surface area (Å²) in [4.78, 5) is 26.7. The number of fused-ring (bicyclic) bond motifs is 1. The number of nitrogens with one attached hydrogen (secondary N) is 1. The predicted molar refractivity (Wildman–Crippen MR) is 135 cm³/mol. The standard InChI is InChI=1S/C26H38N6O/c1-6-23-26(31(16-13-20(2)3)18-17-30(4)5)32-19-21(10-11-24(32)29-23)25(33)28-15-12-22-9-7-8-14-27-22/h7-11,14,19-20H,6,12-13,15-18H2,1-5H3,(H,28,33). The van der Waals surface area contributed by atoms with Gasteiger partial charge < -0.3 is 15.1 Å². The third-order valence-electron chi connectivity index (χ3n) is 5.75. The number of likely N-dealkylation sites (N-methyl/N-ethyl adjacent to an activating group) is 1. The molecule has 0 atom stereocenters. The van der Waals surface area contributed by atoms with Crippen LogP contribution in [0.5, 0.6) is 0 Å². The van der Waals surface area contributed by atoms with Crippen molar-refractivity contribution in [3.63, 3.8) is 0 Å². The van der Waals surface area contributed by atoms with Crippen LogP contribution in [0.4, 0.5) is 5.82 Å². The number of aryl methyl sites for hydroxylation is 1. The van der Waals surface area contributed by atoms with Gasteiger partial charge in [0.2, 0.25) is 0 Å². The van der Waals surface area contributed by atoms with E-state index in [0.29, 0.717) is 24.4 Å². The molecule has 0 fully saturated rings. The number of hydrogen-bond donors (Lipinski definition) is 1. The van der Waals surface area contributed by atoms with Gasteiger partial charge in [0.05, 0.1) is 11.3 Å². The molecule has 0 aliphatic carbocycles. The first-order chi connectivity index (χ1) is 15.9. The Kier molecular flexibility index (Phi) is 8.83. The van der Waals surface area contributed by atoms with Crippen molar-refractivity contribution in [2.24, 2.45) is 5.92 Å². The van der Waals surface area contributed by atoms with E-state index in [0.717, 1.165) is 55.3 Å². The molecule has 3 aromatic heterocycles. The van der Waals surface area contributed by atoms with Crippen LogP contribution in [0, 0.1) is 5.92 Å². The Morgan fingerprint density at radius 3 is 2.61 bits per heavy atom. The van der Waals surface area contributed by atoms with Crippen LogP contribution in [0.1, 0.15) is 48.9 Å². The number of anilines is 1. The topological polar surface area (TPSA) is 65.8 Å². The molecule has 3 aromatic rings. The van der Waals surface area contributed by atoms with Crippen molar-refractivity contribution in [2.45, 2.75) is 40.0 Å². The molecule has 0 unspecified atom stereocenters. The third-order valence-corrected chi connectivity index (χ3v) is 5.75. The van der Waals surface area contributed by atoms with Gasteiger partial charge in [-0.1, -0.05) is 26.8 Å². The van der Waals surface area contributed by atoms with Crippen LogP contribution >= 0.6 is 0 Å². The van der Waals surface area contributed by atoms with Gasteiger partial charge in [-0.3, -0.25) is 14.2 Å². The molecule has 7 heteroatoms. The van der Waals surface area contributed by atoms with Gasteiger partial charge in [0, 0.05) is 50.7 Å². The summed E-state index contributed by atoms with van der Waals surface area (Å²) < 4.78 is 2.10. The van der Waals surface area contributed by atoms with Crippen molar-refractivity contribution < 1.29 is 4.79 Å². The number of rotatable bonds is 12. The number of imidazole rings is 1. The molecule has 0 aromatic carbocycles. The number of carbonyl (C=O) groups is 1. The molecule has 3 rings (SSSR count). The molecule has 1 amide bonds. The Hall–Kier alpha value is -2.93. The van der Waals surface area contributed by atoms with Crippen LogP contribution in [-0.4, -0.2) is 65.5 Å². The van der Waals surface area contributed by atoms with Crippen molar-refractivity contribution in [2.75, 3.05) is 45.2 Å². The summed E-state index contributed by atoms with van der Waals surface area (Å²) in [6.07, 6.45) is 6.38. The molecule has 178 valence electrons. The van der Waals surface area contributed by atoms with Gasteiger partial charge in [-0.25, -0.2) is 4.98 Å². The maximum absolute atomic E-state index is 12.9. The maximum atomic E-state index is 12.9. The summed E-state index contributed by atoms with van der Waals surface area (Å²) in [5.41, 5.74) is 3.57. The molecular formula is C26H38N6O. The van der Waals surface area contributed by atoms with Crippen molar-refractivity contribution in [3.8, 4) is 0 Å². The second-order valence-electron chi connectivity index (χ2n) is 9.18. The summed E-state index contributed by atoms with van der Waals surface area (Å²) in [6.45, 7) is 10.0. The SMILES string of the molecule is CCc1nc2ccc(C(=O)NCCc3ccccn3)cn2c1N(CCC(C)C)CCN(C)C. The molecule has 0 spiro atoms. The fourth-order valence-corrected chi connectivity index (χ4v) is 3.80. The largest absolute Gasteiger partial charge is 0.355 e. The van der Waals surface area contributed by atoms with Crippen LogP contribution < -0.4 is 10.2 Å². The Bertz CT molecular complexity index is 1020. The van der Waals surface area contributed by atoms with Crippen LogP contribution in [0.3, 0.4) is 0 Å². The van der Waals surface area contributed by atoms with Gasteiger partial charge in [0.1, 0.15) is 11.5 Å². The van der Waals surface area contributed by atoms with E-state index in [9.17, 15) is 4.79 Å². The number of amides is 1. The monoisotopic (exact) mass is 450 g/mol. The molecule has 7 nitrogen and oxygen atoms in total. The molecule has 33 heavy (non-hydrogen) atoms. The van der Waals surface area contributed by atoms with Crippen molar-refractivity contribution in [1.82, 2.24) is 24.6 Å². The number of aromatic nitrogens is 3. The van der Waals surface area contributed by atoms with E-state index in [1.807, 2.05) is 36.5 Å². The normalized spacial score (nSPS) is 11.5. The molecular weight excluding hydrogens is 412 g/mol. The highest BCUT2D eigenvalue weighted by molar-refractivity contribution is 5.94. The Balaban J connectivity index is 1.84. The molecule has 0 saturated heterocycles. The molecule has 0 aliphatic heterocycles. The lowest BCUT2D eigenvalue weighted by Crippen LogP contribution is -2.34. The van der Waals surface area contributed by atoms with Crippen LogP contribution in [0.25, 0.3) is 5.65 Å². The average molecular weight is 451 g/mol. The van der Waals surface area contributed by atoms with Crippen LogP contribution in [0.15, 0.2) is 42.7 Å². The van der Waals surface area contributed by atoms with E-state index in [-0.39, 0.29) is 5.91 Å². The molecule has 0 aliphatic rings. The van der Waals surface area contributed by atoms with Gasteiger partial charge in [-0.05, 0) is 57.1 Å². The highest BCUT2D eigenvalue weighted by Gasteiger charge is 2.19. The first kappa shape index (κ1) is 24.7. The summed E-state index contributed by atoms with van der Waals surface area (Å²) in [7, 11) is 4.20. The first-order valence-corrected chi connectivity index (χ1v) is 12.0. The quantitative estimate of drug-likeness (QED) is 0.456. The van der Waals surface area contributed by atoms with Crippen molar-refractivity contribution >= 4 is 17.4 Å². The minimum Gasteiger partial charge on any atom is -0.355 e.